The summed E-state index contributed by atoms with van der Waals surface area (Å²) in [5.41, 5.74) is -0.119. The first kappa shape index (κ1) is 26.6. The van der Waals surface area contributed by atoms with Crippen LogP contribution in [0.15, 0.2) is 72.9 Å². The van der Waals surface area contributed by atoms with Crippen molar-refractivity contribution in [3.63, 3.8) is 0 Å². The third-order valence-electron chi connectivity index (χ3n) is 5.83. The van der Waals surface area contributed by atoms with Crippen LogP contribution in [-0.2, 0) is 0 Å². The SMILES string of the molecule is Cc1cc(Oc2cc(NC(=O)c3cnn4c(C(F)F)cc(-c5ccc(F)cc5)nc34)cc([N+](=O)[O-])c2)ccc1Cl. The van der Waals surface area contributed by atoms with Crippen molar-refractivity contribution in [1.82, 2.24) is 14.6 Å². The number of non-ortho nitro benzene ring substituents is 1. The Morgan fingerprint density at radius 3 is 2.50 bits per heavy atom. The number of benzene rings is 3. The number of aryl methyl sites for hydroxylation is 1. The van der Waals surface area contributed by atoms with Gasteiger partial charge in [-0.05, 0) is 61.0 Å². The first-order valence-electron chi connectivity index (χ1n) is 11.6. The lowest BCUT2D eigenvalue weighted by molar-refractivity contribution is -0.384. The summed E-state index contributed by atoms with van der Waals surface area (Å²) in [6.45, 7) is 1.76. The predicted molar refractivity (Wildman–Crippen MR) is 141 cm³/mol. The number of carbonyl (C=O) groups is 1. The summed E-state index contributed by atoms with van der Waals surface area (Å²) < 4.78 is 47.7. The molecule has 0 fully saturated rings. The highest BCUT2D eigenvalue weighted by molar-refractivity contribution is 6.31. The Labute approximate surface area is 229 Å². The molecule has 0 unspecified atom stereocenters. The fourth-order valence-electron chi connectivity index (χ4n) is 3.91. The summed E-state index contributed by atoms with van der Waals surface area (Å²) in [6, 6.07) is 14.6. The van der Waals surface area contributed by atoms with Crippen LogP contribution in [0.3, 0.4) is 0 Å². The second-order valence-corrected chi connectivity index (χ2v) is 9.01. The highest BCUT2D eigenvalue weighted by Crippen LogP contribution is 2.32. The van der Waals surface area contributed by atoms with E-state index in [0.717, 1.165) is 40.5 Å². The molecule has 13 heteroatoms. The Bertz CT molecular complexity index is 1780. The van der Waals surface area contributed by atoms with Gasteiger partial charge in [-0.2, -0.15) is 5.10 Å². The van der Waals surface area contributed by atoms with Gasteiger partial charge in [0.2, 0.25) is 0 Å². The summed E-state index contributed by atoms with van der Waals surface area (Å²) in [5, 5.41) is 18.5. The predicted octanol–water partition coefficient (Wildman–Crippen LogP) is 7.39. The Hall–Kier alpha value is -4.97. The maximum Gasteiger partial charge on any atom is 0.280 e. The lowest BCUT2D eigenvalue weighted by Crippen LogP contribution is -2.13. The molecule has 0 aliphatic heterocycles. The molecular formula is C27H17ClF3N5O4. The maximum absolute atomic E-state index is 13.9. The van der Waals surface area contributed by atoms with Crippen molar-refractivity contribution >= 4 is 34.5 Å². The topological polar surface area (TPSA) is 112 Å². The van der Waals surface area contributed by atoms with Gasteiger partial charge in [0.05, 0.1) is 28.6 Å². The fourth-order valence-corrected chi connectivity index (χ4v) is 4.02. The monoisotopic (exact) mass is 567 g/mol. The fraction of sp³-hybridized carbons (Fsp3) is 0.0741. The lowest BCUT2D eigenvalue weighted by atomic mass is 10.1. The van der Waals surface area contributed by atoms with Crippen LogP contribution in [-0.4, -0.2) is 25.4 Å². The molecule has 0 aliphatic carbocycles. The lowest BCUT2D eigenvalue weighted by Gasteiger charge is -2.11. The van der Waals surface area contributed by atoms with Gasteiger partial charge in [0.15, 0.2) is 5.65 Å². The van der Waals surface area contributed by atoms with Crippen molar-refractivity contribution in [2.45, 2.75) is 13.3 Å². The number of alkyl halides is 2. The van der Waals surface area contributed by atoms with Crippen LogP contribution in [0.5, 0.6) is 11.5 Å². The van der Waals surface area contributed by atoms with Crippen LogP contribution < -0.4 is 10.1 Å². The molecule has 40 heavy (non-hydrogen) atoms. The number of nitro benzene ring substituents is 1. The Morgan fingerprint density at radius 1 is 1.07 bits per heavy atom. The Kier molecular flexibility index (Phi) is 7.09. The van der Waals surface area contributed by atoms with Crippen molar-refractivity contribution in [3.8, 4) is 22.8 Å². The van der Waals surface area contributed by atoms with Crippen LogP contribution in [0.2, 0.25) is 5.02 Å². The van der Waals surface area contributed by atoms with Crippen molar-refractivity contribution < 1.29 is 27.6 Å². The maximum atomic E-state index is 13.9. The van der Waals surface area contributed by atoms with Crippen molar-refractivity contribution in [2.75, 3.05) is 5.32 Å². The second-order valence-electron chi connectivity index (χ2n) is 8.61. The van der Waals surface area contributed by atoms with Crippen molar-refractivity contribution in [2.24, 2.45) is 0 Å². The summed E-state index contributed by atoms with van der Waals surface area (Å²) >= 11 is 6.04. The molecule has 202 valence electrons. The zero-order chi connectivity index (χ0) is 28.6. The zero-order valence-corrected chi connectivity index (χ0v) is 21.2. The molecule has 1 amide bonds. The number of aromatic nitrogens is 3. The number of fused-ring (bicyclic) bond motifs is 1. The van der Waals surface area contributed by atoms with Gasteiger partial charge >= 0.3 is 0 Å². The van der Waals surface area contributed by atoms with Crippen molar-refractivity contribution in [1.29, 1.82) is 0 Å². The van der Waals surface area contributed by atoms with Crippen LogP contribution >= 0.6 is 11.6 Å². The minimum Gasteiger partial charge on any atom is -0.457 e. The third-order valence-corrected chi connectivity index (χ3v) is 6.26. The largest absolute Gasteiger partial charge is 0.457 e. The average molecular weight is 568 g/mol. The van der Waals surface area contributed by atoms with E-state index < -0.39 is 28.8 Å². The highest BCUT2D eigenvalue weighted by Gasteiger charge is 2.22. The molecule has 2 heterocycles. The molecule has 1 N–H and O–H groups in total. The minimum atomic E-state index is -2.96. The van der Waals surface area contributed by atoms with E-state index in [1.807, 2.05) is 0 Å². The molecule has 0 aliphatic rings. The molecular weight excluding hydrogens is 551 g/mol. The summed E-state index contributed by atoms with van der Waals surface area (Å²) in [6.07, 6.45) is -1.91. The number of nitrogens with one attached hydrogen (secondary N) is 1. The van der Waals surface area contributed by atoms with E-state index in [0.29, 0.717) is 16.3 Å². The van der Waals surface area contributed by atoms with Gasteiger partial charge in [-0.3, -0.25) is 14.9 Å². The normalized spacial score (nSPS) is 11.2. The van der Waals surface area contributed by atoms with E-state index >= 15 is 0 Å². The minimum absolute atomic E-state index is 0.00278. The van der Waals surface area contributed by atoms with Gasteiger partial charge in [-0.1, -0.05) is 11.6 Å². The van der Waals surface area contributed by atoms with E-state index in [2.05, 4.69) is 15.4 Å². The number of nitrogens with zero attached hydrogens (tertiary/aromatic N) is 4. The molecule has 9 nitrogen and oxygen atoms in total. The molecule has 5 rings (SSSR count). The quantitative estimate of drug-likeness (QED) is 0.162. The van der Waals surface area contributed by atoms with Gasteiger partial charge in [0.1, 0.15) is 28.6 Å². The molecule has 5 aromatic rings. The zero-order valence-electron chi connectivity index (χ0n) is 20.4. The molecule has 0 atom stereocenters. The second kappa shape index (κ2) is 10.7. The number of ether oxygens (including phenoxy) is 1. The van der Waals surface area contributed by atoms with Gasteiger partial charge < -0.3 is 10.1 Å². The molecule has 0 radical (unpaired) electrons. The average Bonchev–Trinajstić information content (AvgIpc) is 3.34. The van der Waals surface area contributed by atoms with Gasteiger partial charge in [-0.15, -0.1) is 0 Å². The number of hydrogen-bond donors (Lipinski definition) is 1. The number of nitro groups is 1. The summed E-state index contributed by atoms with van der Waals surface area (Å²) in [7, 11) is 0. The van der Waals surface area contributed by atoms with E-state index in [9.17, 15) is 28.1 Å². The van der Waals surface area contributed by atoms with Gasteiger partial charge in [-0.25, -0.2) is 22.7 Å². The third kappa shape index (κ3) is 5.43. The number of rotatable bonds is 7. The molecule has 0 bridgehead atoms. The number of carbonyl (C=O) groups excluding carboxylic acids is 1. The first-order chi connectivity index (χ1) is 19.1. The number of amides is 1. The molecule has 0 spiro atoms. The van der Waals surface area contributed by atoms with Crippen LogP contribution in [0.25, 0.3) is 16.9 Å². The van der Waals surface area contributed by atoms with Crippen LogP contribution in [0, 0.1) is 22.9 Å². The molecule has 2 aromatic heterocycles. The van der Waals surface area contributed by atoms with E-state index in [1.165, 1.54) is 24.3 Å². The first-order valence-corrected chi connectivity index (χ1v) is 11.9. The van der Waals surface area contributed by atoms with E-state index in [1.54, 1.807) is 25.1 Å². The van der Waals surface area contributed by atoms with Crippen LogP contribution in [0.1, 0.15) is 28.0 Å². The van der Waals surface area contributed by atoms with Crippen molar-refractivity contribution in [3.05, 3.63) is 111 Å². The number of halogens is 4. The summed E-state index contributed by atoms with van der Waals surface area (Å²) in [5.74, 6) is -0.912. The van der Waals surface area contributed by atoms with Gasteiger partial charge in [0.25, 0.3) is 18.0 Å². The smallest absolute Gasteiger partial charge is 0.280 e. The standard InChI is InChI=1S/C27H17ClF3N5O4/c1-14-8-19(6-7-22(14)28)40-20-10-17(9-18(11-20)36(38)39)33-27(37)21-13-32-35-24(25(30)31)12-23(34-26(21)35)15-2-4-16(29)5-3-15/h2-13,25H,1H3,(H,33,37). The number of anilines is 1. The van der Waals surface area contributed by atoms with E-state index in [4.69, 9.17) is 16.3 Å². The Balaban J connectivity index is 1.51. The number of hydrogen-bond acceptors (Lipinski definition) is 6. The molecule has 0 saturated carbocycles. The van der Waals surface area contributed by atoms with Crippen LogP contribution in [0.4, 0.5) is 24.5 Å². The molecule has 0 saturated heterocycles. The highest BCUT2D eigenvalue weighted by atomic mass is 35.5. The Morgan fingerprint density at radius 2 is 1.82 bits per heavy atom. The van der Waals surface area contributed by atoms with E-state index in [-0.39, 0.29) is 34.0 Å². The summed E-state index contributed by atoms with van der Waals surface area (Å²) in [4.78, 5) is 28.4. The molecule has 3 aromatic carbocycles. The van der Waals surface area contributed by atoms with Gasteiger partial charge in [0, 0.05) is 22.7 Å².